The topological polar surface area (TPSA) is 97.4 Å². The second kappa shape index (κ2) is 9.01. The molecule has 152 valence electrons. The number of aryl methyl sites for hydroxylation is 1. The molecule has 0 spiro atoms. The molecule has 0 saturated heterocycles. The van der Waals surface area contributed by atoms with Gasteiger partial charge in [0, 0.05) is 17.5 Å². The number of carbonyl (C=O) groups excluding carboxylic acids is 1. The molecule has 0 radical (unpaired) electrons. The first kappa shape index (κ1) is 20.7. The van der Waals surface area contributed by atoms with Gasteiger partial charge in [-0.1, -0.05) is 6.07 Å². The van der Waals surface area contributed by atoms with E-state index in [1.807, 2.05) is 0 Å². The summed E-state index contributed by atoms with van der Waals surface area (Å²) >= 11 is 1.13. The van der Waals surface area contributed by atoms with E-state index in [1.54, 1.807) is 23.6 Å². The van der Waals surface area contributed by atoms with Crippen molar-refractivity contribution in [3.63, 3.8) is 0 Å². The number of aromatic nitrogens is 1. The molecule has 0 saturated carbocycles. The lowest BCUT2D eigenvalue weighted by atomic mass is 10.2. The van der Waals surface area contributed by atoms with Crippen LogP contribution in [0, 0.1) is 5.82 Å². The Balaban J connectivity index is 1.56. The maximum absolute atomic E-state index is 13.1. The van der Waals surface area contributed by atoms with Crippen molar-refractivity contribution in [2.75, 3.05) is 17.1 Å². The lowest BCUT2D eigenvalue weighted by molar-refractivity contribution is -0.116. The number of anilines is 2. The molecule has 0 aliphatic rings. The molecule has 0 aliphatic carbocycles. The molecule has 1 heterocycles. The zero-order valence-electron chi connectivity index (χ0n) is 15.4. The number of hydrogen-bond donors (Lipinski definition) is 2. The Morgan fingerprint density at radius 3 is 2.66 bits per heavy atom. The Bertz CT molecular complexity index is 1100. The number of rotatable bonds is 8. The number of benzene rings is 2. The third-order valence-electron chi connectivity index (χ3n) is 3.86. The van der Waals surface area contributed by atoms with E-state index in [0.717, 1.165) is 11.3 Å². The molecule has 0 fully saturated rings. The lowest BCUT2D eigenvalue weighted by Crippen LogP contribution is -2.13. The predicted molar refractivity (Wildman–Crippen MR) is 109 cm³/mol. The Labute approximate surface area is 171 Å². The third-order valence-corrected chi connectivity index (χ3v) is 6.15. The summed E-state index contributed by atoms with van der Waals surface area (Å²) < 4.78 is 45.4. The van der Waals surface area contributed by atoms with Crippen LogP contribution in [0.25, 0.3) is 0 Å². The summed E-state index contributed by atoms with van der Waals surface area (Å²) in [5.41, 5.74) is 0.957. The normalized spacial score (nSPS) is 11.1. The van der Waals surface area contributed by atoms with E-state index < -0.39 is 15.8 Å². The summed E-state index contributed by atoms with van der Waals surface area (Å²) in [6.07, 6.45) is 0.451. The van der Waals surface area contributed by atoms with Crippen molar-refractivity contribution in [2.45, 2.75) is 17.7 Å². The van der Waals surface area contributed by atoms with Gasteiger partial charge >= 0.3 is 0 Å². The smallest absolute Gasteiger partial charge is 0.263 e. The Morgan fingerprint density at radius 2 is 1.97 bits per heavy atom. The minimum atomic E-state index is -3.77. The van der Waals surface area contributed by atoms with Crippen molar-refractivity contribution in [1.82, 2.24) is 4.98 Å². The van der Waals surface area contributed by atoms with Crippen LogP contribution in [0.3, 0.4) is 0 Å². The van der Waals surface area contributed by atoms with Crippen LogP contribution in [0.1, 0.15) is 12.1 Å². The van der Waals surface area contributed by atoms with Crippen LogP contribution in [-0.2, 0) is 21.2 Å². The zero-order valence-corrected chi connectivity index (χ0v) is 17.0. The van der Waals surface area contributed by atoms with Gasteiger partial charge in [0.05, 0.1) is 17.7 Å². The molecule has 0 bridgehead atoms. The van der Waals surface area contributed by atoms with Crippen LogP contribution in [-0.4, -0.2) is 26.4 Å². The maximum Gasteiger partial charge on any atom is 0.263 e. The molecule has 0 unspecified atom stereocenters. The van der Waals surface area contributed by atoms with Gasteiger partial charge in [-0.05, 0) is 48.9 Å². The van der Waals surface area contributed by atoms with E-state index in [4.69, 9.17) is 4.74 Å². The van der Waals surface area contributed by atoms with E-state index in [1.165, 1.54) is 37.4 Å². The number of hydrogen-bond acceptors (Lipinski definition) is 6. The average molecular weight is 436 g/mol. The largest absolute Gasteiger partial charge is 0.497 e. The van der Waals surface area contributed by atoms with Crippen LogP contribution in [0.5, 0.6) is 5.75 Å². The van der Waals surface area contributed by atoms with Crippen LogP contribution >= 0.6 is 11.3 Å². The Kier molecular flexibility index (Phi) is 6.45. The zero-order chi connectivity index (χ0) is 20.9. The number of amides is 1. The molecule has 7 nitrogen and oxygen atoms in total. The van der Waals surface area contributed by atoms with Gasteiger partial charge in [0.1, 0.15) is 11.6 Å². The van der Waals surface area contributed by atoms with Gasteiger partial charge in [0.15, 0.2) is 5.13 Å². The molecule has 3 aromatic rings. The quantitative estimate of drug-likeness (QED) is 0.563. The molecule has 0 atom stereocenters. The standard InChI is InChI=1S/C19H18FN3O4S2/c1-27-16-6-8-17(9-7-16)29(25,26)23-19-22-15(12-28-19)5-10-18(24)21-14-4-2-3-13(20)11-14/h2-4,6-9,11-12H,5,10H2,1H3,(H,21,24)(H,22,23). The van der Waals surface area contributed by atoms with Crippen LogP contribution in [0.4, 0.5) is 15.2 Å². The fourth-order valence-corrected chi connectivity index (χ4v) is 4.43. The van der Waals surface area contributed by atoms with Crippen molar-refractivity contribution in [1.29, 1.82) is 0 Å². The molecule has 0 aliphatic heterocycles. The van der Waals surface area contributed by atoms with Crippen molar-refractivity contribution in [3.8, 4) is 5.75 Å². The van der Waals surface area contributed by atoms with Gasteiger partial charge in [-0.15, -0.1) is 11.3 Å². The minimum Gasteiger partial charge on any atom is -0.497 e. The molecule has 3 rings (SSSR count). The van der Waals surface area contributed by atoms with E-state index in [0.29, 0.717) is 23.6 Å². The highest BCUT2D eigenvalue weighted by Crippen LogP contribution is 2.22. The van der Waals surface area contributed by atoms with Crippen molar-refractivity contribution in [2.24, 2.45) is 0 Å². The highest BCUT2D eigenvalue weighted by atomic mass is 32.2. The van der Waals surface area contributed by atoms with Crippen LogP contribution < -0.4 is 14.8 Å². The summed E-state index contributed by atoms with van der Waals surface area (Å²) in [6, 6.07) is 11.6. The number of nitrogens with zero attached hydrogens (tertiary/aromatic N) is 1. The number of methoxy groups -OCH3 is 1. The van der Waals surface area contributed by atoms with E-state index in [2.05, 4.69) is 15.0 Å². The minimum absolute atomic E-state index is 0.0875. The van der Waals surface area contributed by atoms with Gasteiger partial charge in [-0.2, -0.15) is 0 Å². The van der Waals surface area contributed by atoms with E-state index in [-0.39, 0.29) is 22.4 Å². The summed E-state index contributed by atoms with van der Waals surface area (Å²) in [7, 11) is -2.28. The van der Waals surface area contributed by atoms with Crippen molar-refractivity contribution in [3.05, 3.63) is 65.4 Å². The maximum atomic E-state index is 13.1. The number of ether oxygens (including phenoxy) is 1. The molecule has 2 N–H and O–H groups in total. The molecular weight excluding hydrogens is 417 g/mol. The van der Waals surface area contributed by atoms with Crippen LogP contribution in [0.15, 0.2) is 58.8 Å². The fourth-order valence-electron chi connectivity index (χ4n) is 2.43. The Morgan fingerprint density at radius 1 is 1.21 bits per heavy atom. The number of thiazole rings is 1. The molecular formula is C19H18FN3O4S2. The first-order chi connectivity index (χ1) is 13.9. The van der Waals surface area contributed by atoms with Gasteiger partial charge in [-0.3, -0.25) is 9.52 Å². The highest BCUT2D eigenvalue weighted by molar-refractivity contribution is 7.93. The molecule has 1 aromatic heterocycles. The lowest BCUT2D eigenvalue weighted by Gasteiger charge is -2.06. The average Bonchev–Trinajstić information content (AvgIpc) is 3.13. The number of carbonyl (C=O) groups is 1. The van der Waals surface area contributed by atoms with Crippen molar-refractivity contribution < 1.29 is 22.3 Å². The summed E-state index contributed by atoms with van der Waals surface area (Å²) in [5, 5.41) is 4.50. The summed E-state index contributed by atoms with van der Waals surface area (Å²) in [5.74, 6) is -0.169. The van der Waals surface area contributed by atoms with Gasteiger partial charge in [0.2, 0.25) is 5.91 Å². The monoisotopic (exact) mass is 435 g/mol. The molecule has 1 amide bonds. The van der Waals surface area contributed by atoms with E-state index in [9.17, 15) is 17.6 Å². The second-order valence-electron chi connectivity index (χ2n) is 5.98. The number of halogens is 1. The van der Waals surface area contributed by atoms with Gasteiger partial charge in [0.25, 0.3) is 10.0 Å². The van der Waals surface area contributed by atoms with E-state index >= 15 is 0 Å². The summed E-state index contributed by atoms with van der Waals surface area (Å²) in [4.78, 5) is 16.3. The summed E-state index contributed by atoms with van der Waals surface area (Å²) in [6.45, 7) is 0. The van der Waals surface area contributed by atoms with Gasteiger partial charge < -0.3 is 10.1 Å². The predicted octanol–water partition coefficient (Wildman–Crippen LogP) is 3.66. The molecule has 10 heteroatoms. The SMILES string of the molecule is COc1ccc(S(=O)(=O)Nc2nc(CCC(=O)Nc3cccc(F)c3)cs2)cc1. The number of sulfonamides is 1. The number of nitrogens with one attached hydrogen (secondary N) is 2. The Hall–Kier alpha value is -2.98. The van der Waals surface area contributed by atoms with Gasteiger partial charge in [-0.25, -0.2) is 17.8 Å². The van der Waals surface area contributed by atoms with Crippen molar-refractivity contribution >= 4 is 38.1 Å². The molecule has 29 heavy (non-hydrogen) atoms. The fraction of sp³-hybridized carbons (Fsp3) is 0.158. The first-order valence-electron chi connectivity index (χ1n) is 8.52. The first-order valence-corrected chi connectivity index (χ1v) is 10.9. The van der Waals surface area contributed by atoms with Crippen LogP contribution in [0.2, 0.25) is 0 Å². The highest BCUT2D eigenvalue weighted by Gasteiger charge is 2.16. The third kappa shape index (κ3) is 5.75. The second-order valence-corrected chi connectivity index (χ2v) is 8.52. The molecule has 2 aromatic carbocycles.